The van der Waals surface area contributed by atoms with Crippen LogP contribution in [0.1, 0.15) is 40.7 Å². The van der Waals surface area contributed by atoms with Crippen LogP contribution in [0.3, 0.4) is 0 Å². The Morgan fingerprint density at radius 1 is 0.812 bits per heavy atom. The van der Waals surface area contributed by atoms with E-state index in [0.29, 0.717) is 25.4 Å². The fourth-order valence-electron chi connectivity index (χ4n) is 3.56. The van der Waals surface area contributed by atoms with Gasteiger partial charge in [0.1, 0.15) is 18.1 Å². The molecule has 3 rings (SSSR count). The predicted molar refractivity (Wildman–Crippen MR) is 128 cm³/mol. The smallest absolute Gasteiger partial charge is 0.303 e. The summed E-state index contributed by atoms with van der Waals surface area (Å²) >= 11 is 0. The minimum atomic E-state index is -0.814. The van der Waals surface area contributed by atoms with E-state index < -0.39 is 5.97 Å². The van der Waals surface area contributed by atoms with Gasteiger partial charge >= 0.3 is 5.97 Å². The maximum absolute atomic E-state index is 10.7. The SMILES string of the molecule is Cc1cccc(C)c1COc1ccc(Nc2ccccc2OCCCC(=O)O)c(C)c1C. The van der Waals surface area contributed by atoms with Crippen LogP contribution >= 0.6 is 0 Å². The fourth-order valence-corrected chi connectivity index (χ4v) is 3.56. The van der Waals surface area contributed by atoms with Crippen molar-refractivity contribution in [3.8, 4) is 11.5 Å². The number of aryl methyl sites for hydroxylation is 2. The number of carbonyl (C=O) groups is 1. The third-order valence-electron chi connectivity index (χ3n) is 5.70. The Bertz CT molecular complexity index is 1070. The average Bonchev–Trinajstić information content (AvgIpc) is 2.76. The number of hydrogen-bond acceptors (Lipinski definition) is 4. The van der Waals surface area contributed by atoms with Crippen LogP contribution in [0.25, 0.3) is 0 Å². The van der Waals surface area contributed by atoms with Gasteiger partial charge in [0.05, 0.1) is 12.3 Å². The largest absolute Gasteiger partial charge is 0.491 e. The van der Waals surface area contributed by atoms with Gasteiger partial charge in [-0.15, -0.1) is 0 Å². The summed E-state index contributed by atoms with van der Waals surface area (Å²) < 4.78 is 12.0. The average molecular weight is 434 g/mol. The number of carboxylic acids is 1. The third kappa shape index (κ3) is 5.82. The van der Waals surface area contributed by atoms with Crippen molar-refractivity contribution >= 4 is 17.3 Å². The van der Waals surface area contributed by atoms with E-state index in [1.165, 1.54) is 16.7 Å². The Kier molecular flexibility index (Phi) is 7.77. The van der Waals surface area contributed by atoms with E-state index in [4.69, 9.17) is 14.6 Å². The van der Waals surface area contributed by atoms with Crippen molar-refractivity contribution < 1.29 is 19.4 Å². The van der Waals surface area contributed by atoms with Gasteiger partial charge in [0.2, 0.25) is 0 Å². The Morgan fingerprint density at radius 2 is 1.53 bits per heavy atom. The van der Waals surface area contributed by atoms with Gasteiger partial charge in [-0.2, -0.15) is 0 Å². The van der Waals surface area contributed by atoms with Crippen molar-refractivity contribution in [3.05, 3.63) is 82.4 Å². The molecule has 0 atom stereocenters. The zero-order valence-electron chi connectivity index (χ0n) is 19.2. The molecule has 5 heteroatoms. The lowest BCUT2D eigenvalue weighted by Crippen LogP contribution is -2.05. The molecule has 0 aromatic heterocycles. The molecule has 3 aromatic rings. The first-order valence-electron chi connectivity index (χ1n) is 10.9. The molecule has 0 saturated carbocycles. The molecule has 3 aromatic carbocycles. The summed E-state index contributed by atoms with van der Waals surface area (Å²) in [7, 11) is 0. The Morgan fingerprint density at radius 3 is 2.25 bits per heavy atom. The predicted octanol–water partition coefficient (Wildman–Crippen LogP) is 6.49. The number of ether oxygens (including phenoxy) is 2. The zero-order chi connectivity index (χ0) is 23.1. The van der Waals surface area contributed by atoms with E-state index in [1.54, 1.807) is 0 Å². The highest BCUT2D eigenvalue weighted by Crippen LogP contribution is 2.33. The molecular formula is C27H31NO4. The molecule has 168 valence electrons. The lowest BCUT2D eigenvalue weighted by atomic mass is 10.0. The summed E-state index contributed by atoms with van der Waals surface area (Å²) in [6.45, 7) is 9.25. The van der Waals surface area contributed by atoms with Crippen LogP contribution in [0.2, 0.25) is 0 Å². The number of aliphatic carboxylic acids is 1. The van der Waals surface area contributed by atoms with Crippen molar-refractivity contribution in [2.75, 3.05) is 11.9 Å². The van der Waals surface area contributed by atoms with Gasteiger partial charge in [-0.05, 0) is 86.2 Å². The first kappa shape index (κ1) is 23.2. The van der Waals surface area contributed by atoms with E-state index in [9.17, 15) is 4.79 Å². The van der Waals surface area contributed by atoms with Crippen molar-refractivity contribution in [2.45, 2.75) is 47.1 Å². The van der Waals surface area contributed by atoms with Gasteiger partial charge in [0, 0.05) is 12.1 Å². The third-order valence-corrected chi connectivity index (χ3v) is 5.70. The molecule has 5 nitrogen and oxygen atoms in total. The number of para-hydroxylation sites is 2. The molecule has 0 bridgehead atoms. The topological polar surface area (TPSA) is 67.8 Å². The lowest BCUT2D eigenvalue weighted by molar-refractivity contribution is -0.137. The molecule has 0 radical (unpaired) electrons. The van der Waals surface area contributed by atoms with Crippen molar-refractivity contribution in [1.29, 1.82) is 0 Å². The van der Waals surface area contributed by atoms with Crippen LogP contribution < -0.4 is 14.8 Å². The van der Waals surface area contributed by atoms with Crippen LogP contribution in [0, 0.1) is 27.7 Å². The maximum Gasteiger partial charge on any atom is 0.303 e. The second-order valence-electron chi connectivity index (χ2n) is 7.99. The fraction of sp³-hybridized carbons (Fsp3) is 0.296. The van der Waals surface area contributed by atoms with Gasteiger partial charge in [0.25, 0.3) is 0 Å². The van der Waals surface area contributed by atoms with E-state index in [0.717, 1.165) is 28.3 Å². The standard InChI is InChI=1S/C27H31NO4/c1-18-9-7-10-19(2)22(18)17-32-25-15-14-23(20(3)21(25)4)28-24-11-5-6-12-26(24)31-16-8-13-27(29)30/h5-7,9-12,14-15,28H,8,13,16-17H2,1-4H3,(H,29,30). The van der Waals surface area contributed by atoms with Crippen molar-refractivity contribution in [1.82, 2.24) is 0 Å². The Hall–Kier alpha value is -3.47. The van der Waals surface area contributed by atoms with Gasteiger partial charge < -0.3 is 19.9 Å². The summed E-state index contributed by atoms with van der Waals surface area (Å²) in [5, 5.41) is 12.2. The van der Waals surface area contributed by atoms with Crippen molar-refractivity contribution in [3.63, 3.8) is 0 Å². The lowest BCUT2D eigenvalue weighted by Gasteiger charge is -2.18. The first-order valence-corrected chi connectivity index (χ1v) is 10.9. The number of anilines is 2. The Labute approximate surface area is 190 Å². The minimum absolute atomic E-state index is 0.0946. The summed E-state index contributed by atoms with van der Waals surface area (Å²) in [5.41, 5.74) is 7.69. The molecule has 0 heterocycles. The molecule has 0 unspecified atom stereocenters. The van der Waals surface area contributed by atoms with Crippen LogP contribution in [-0.2, 0) is 11.4 Å². The number of carboxylic acid groups (broad SMARTS) is 1. The molecule has 2 N–H and O–H groups in total. The highest BCUT2D eigenvalue weighted by Gasteiger charge is 2.11. The van der Waals surface area contributed by atoms with Crippen LogP contribution in [-0.4, -0.2) is 17.7 Å². The number of hydrogen-bond donors (Lipinski definition) is 2. The number of benzene rings is 3. The summed E-state index contributed by atoms with van der Waals surface area (Å²) in [6.07, 6.45) is 0.561. The summed E-state index contributed by atoms with van der Waals surface area (Å²) in [6, 6.07) is 18.0. The van der Waals surface area contributed by atoms with E-state index in [-0.39, 0.29) is 6.42 Å². The summed E-state index contributed by atoms with van der Waals surface area (Å²) in [5.74, 6) is 0.755. The monoisotopic (exact) mass is 433 g/mol. The normalized spacial score (nSPS) is 10.6. The van der Waals surface area contributed by atoms with Gasteiger partial charge in [0.15, 0.2) is 0 Å². The number of rotatable bonds is 10. The van der Waals surface area contributed by atoms with E-state index in [1.807, 2.05) is 36.4 Å². The van der Waals surface area contributed by atoms with Crippen LogP contribution in [0.15, 0.2) is 54.6 Å². The molecule has 0 aliphatic heterocycles. The Balaban J connectivity index is 1.71. The maximum atomic E-state index is 10.7. The molecular weight excluding hydrogens is 402 g/mol. The van der Waals surface area contributed by atoms with Crippen molar-refractivity contribution in [2.24, 2.45) is 0 Å². The molecule has 0 aliphatic rings. The minimum Gasteiger partial charge on any atom is -0.491 e. The van der Waals surface area contributed by atoms with Crippen LogP contribution in [0.5, 0.6) is 11.5 Å². The van der Waals surface area contributed by atoms with Crippen LogP contribution in [0.4, 0.5) is 11.4 Å². The van der Waals surface area contributed by atoms with E-state index >= 15 is 0 Å². The highest BCUT2D eigenvalue weighted by atomic mass is 16.5. The zero-order valence-corrected chi connectivity index (χ0v) is 19.2. The quantitative estimate of drug-likeness (QED) is 0.358. The van der Waals surface area contributed by atoms with Gasteiger partial charge in [-0.25, -0.2) is 0 Å². The summed E-state index contributed by atoms with van der Waals surface area (Å²) in [4.78, 5) is 10.7. The van der Waals surface area contributed by atoms with Gasteiger partial charge in [-0.1, -0.05) is 30.3 Å². The second-order valence-corrected chi connectivity index (χ2v) is 7.99. The molecule has 0 fully saturated rings. The molecule has 0 saturated heterocycles. The highest BCUT2D eigenvalue weighted by molar-refractivity contribution is 5.70. The molecule has 0 amide bonds. The molecule has 32 heavy (non-hydrogen) atoms. The number of nitrogens with one attached hydrogen (secondary N) is 1. The van der Waals surface area contributed by atoms with Gasteiger partial charge in [-0.3, -0.25) is 4.79 Å². The molecule has 0 aliphatic carbocycles. The first-order chi connectivity index (χ1) is 15.4. The molecule has 0 spiro atoms. The second kappa shape index (κ2) is 10.7. The van der Waals surface area contributed by atoms with E-state index in [2.05, 4.69) is 51.2 Å².